The van der Waals surface area contributed by atoms with Crippen LogP contribution >= 0.6 is 0 Å². The third kappa shape index (κ3) is 2.48. The second kappa shape index (κ2) is 6.97. The van der Waals surface area contributed by atoms with Gasteiger partial charge in [0.15, 0.2) is 11.0 Å². The maximum Gasteiger partial charge on any atom is 0.257 e. The summed E-state index contributed by atoms with van der Waals surface area (Å²) in [4.78, 5) is 2.42. The quantitative estimate of drug-likeness (QED) is 0.281. The van der Waals surface area contributed by atoms with Crippen LogP contribution in [0, 0.1) is 0 Å². The predicted molar refractivity (Wildman–Crippen MR) is 144 cm³/mol. The first kappa shape index (κ1) is 18.8. The van der Waals surface area contributed by atoms with E-state index in [0.717, 1.165) is 0 Å². The molecule has 0 saturated carbocycles. The Bertz CT molecular complexity index is 1760. The van der Waals surface area contributed by atoms with Crippen molar-refractivity contribution in [1.82, 2.24) is 4.57 Å². The van der Waals surface area contributed by atoms with Gasteiger partial charge in [0.05, 0.1) is 0 Å². The van der Waals surface area contributed by atoms with Gasteiger partial charge in [-0.3, -0.25) is 0 Å². The van der Waals surface area contributed by atoms with Crippen LogP contribution < -0.4 is 25.9 Å². The third-order valence-corrected chi connectivity index (χ3v) is 7.47. The van der Waals surface area contributed by atoms with Gasteiger partial charge in [0, 0.05) is 22.5 Å². The summed E-state index contributed by atoms with van der Waals surface area (Å²) < 4.78 is 4.71. The number of imidazole rings is 1. The monoisotopic (exact) mass is 446 g/mol. The molecule has 8 rings (SSSR count). The summed E-state index contributed by atoms with van der Waals surface area (Å²) in [6.45, 7) is 0.188. The largest absolute Gasteiger partial charge is 0.311 e. The van der Waals surface area contributed by atoms with Gasteiger partial charge in [0.2, 0.25) is 0 Å². The van der Waals surface area contributed by atoms with Gasteiger partial charge in [-0.05, 0) is 59.5 Å². The molecule has 0 bridgehead atoms. The summed E-state index contributed by atoms with van der Waals surface area (Å²) in [5, 5.41) is 0. The molecule has 3 nitrogen and oxygen atoms in total. The molecule has 2 aliphatic rings. The molecule has 35 heavy (non-hydrogen) atoms. The predicted octanol–water partition coefficient (Wildman–Crippen LogP) is 4.52. The first-order valence-electron chi connectivity index (χ1n) is 12.1. The van der Waals surface area contributed by atoms with E-state index in [0.29, 0.717) is 0 Å². The molecule has 6 aromatic rings. The Kier molecular flexibility index (Phi) is 3.75. The Morgan fingerprint density at radius 3 is 2.03 bits per heavy atom. The normalized spacial score (nSPS) is 13.0. The average Bonchev–Trinajstić information content (AvgIpc) is 3.32. The van der Waals surface area contributed by atoms with Gasteiger partial charge >= 0.3 is 0 Å². The van der Waals surface area contributed by atoms with Crippen LogP contribution in [0.25, 0.3) is 22.4 Å². The minimum atomic E-state index is 0.188. The van der Waals surface area contributed by atoms with Gasteiger partial charge in [0.25, 0.3) is 13.0 Å². The Balaban J connectivity index is 1.50. The maximum absolute atomic E-state index is 2.42. The van der Waals surface area contributed by atoms with Crippen molar-refractivity contribution in [3.63, 3.8) is 0 Å². The highest BCUT2D eigenvalue weighted by atomic mass is 15.2. The van der Waals surface area contributed by atoms with E-state index >= 15 is 0 Å². The Morgan fingerprint density at radius 1 is 0.543 bits per heavy atom. The molecule has 0 spiro atoms. The van der Waals surface area contributed by atoms with Crippen LogP contribution in [0.3, 0.4) is 0 Å². The minimum Gasteiger partial charge on any atom is -0.311 e. The number of hydrogen-bond acceptors (Lipinski definition) is 1. The topological polar surface area (TPSA) is 12.1 Å². The lowest BCUT2D eigenvalue weighted by Gasteiger charge is -2.38. The molecule has 2 aliphatic heterocycles. The van der Waals surface area contributed by atoms with Crippen molar-refractivity contribution in [2.75, 3.05) is 4.90 Å². The number of benzene rings is 5. The van der Waals surface area contributed by atoms with Crippen molar-refractivity contribution in [1.29, 1.82) is 0 Å². The Hall–Kier alpha value is -4.57. The van der Waals surface area contributed by atoms with Crippen LogP contribution in [0.15, 0.2) is 128 Å². The van der Waals surface area contributed by atoms with E-state index in [1.165, 1.54) is 55.9 Å². The fourth-order valence-corrected chi connectivity index (χ4v) is 6.09. The van der Waals surface area contributed by atoms with E-state index in [-0.39, 0.29) is 6.71 Å². The van der Waals surface area contributed by atoms with Crippen LogP contribution in [0.4, 0.5) is 17.1 Å². The summed E-state index contributed by atoms with van der Waals surface area (Å²) in [7, 11) is 0. The molecule has 0 saturated heterocycles. The number of anilines is 3. The molecule has 0 unspecified atom stereocenters. The molecule has 4 heteroatoms. The number of aromatic nitrogens is 2. The van der Waals surface area contributed by atoms with E-state index in [4.69, 9.17) is 0 Å². The smallest absolute Gasteiger partial charge is 0.257 e. The average molecular weight is 446 g/mol. The van der Waals surface area contributed by atoms with Crippen LogP contribution in [0.2, 0.25) is 0 Å². The van der Waals surface area contributed by atoms with Crippen LogP contribution in [0.1, 0.15) is 0 Å². The van der Waals surface area contributed by atoms with Gasteiger partial charge in [-0.25, -0.2) is 0 Å². The fraction of sp³-hybridized carbons (Fsp3) is 0. The van der Waals surface area contributed by atoms with Gasteiger partial charge in [-0.1, -0.05) is 72.8 Å². The third-order valence-electron chi connectivity index (χ3n) is 7.47. The van der Waals surface area contributed by atoms with E-state index in [1.807, 2.05) is 0 Å². The molecule has 5 aromatic carbocycles. The number of rotatable bonds is 2. The van der Waals surface area contributed by atoms with Gasteiger partial charge in [-0.15, -0.1) is 0 Å². The molecule has 1 aromatic heterocycles. The minimum absolute atomic E-state index is 0.188. The highest BCUT2D eigenvalue weighted by Gasteiger charge is 2.44. The van der Waals surface area contributed by atoms with Crippen molar-refractivity contribution >= 4 is 51.2 Å². The first-order valence-corrected chi connectivity index (χ1v) is 12.1. The molecular weight excluding hydrogens is 425 g/mol. The Morgan fingerprint density at radius 2 is 1.20 bits per heavy atom. The SMILES string of the molecule is c1ccc(N2c3ccccc3B3c4c2cccc4-[n+]2cn(-c4ccccc4)c4cccc3c42)cc1. The molecule has 0 amide bonds. The molecular formula is C31H21BN3+. The zero-order chi connectivity index (χ0) is 22.9. The van der Waals surface area contributed by atoms with Gasteiger partial charge in [0.1, 0.15) is 11.4 Å². The standard InChI is InChI=1S/C31H21BN3/c1-3-11-22(12-4-1)33-21-34-27-18-10-19-28-30(27)32(25-16-9-20-29(33)31(25)34)24-15-7-8-17-26(24)35(28)23-13-5-2-6-14-23/h1-21H/q+1. The van der Waals surface area contributed by atoms with Crippen LogP contribution in [0.5, 0.6) is 0 Å². The lowest BCUT2D eigenvalue weighted by molar-refractivity contribution is -0.566. The van der Waals surface area contributed by atoms with Crippen LogP contribution in [-0.2, 0) is 0 Å². The summed E-state index contributed by atoms with van der Waals surface area (Å²) in [6.07, 6.45) is 2.25. The van der Waals surface area contributed by atoms with E-state index in [2.05, 4.69) is 142 Å². The molecule has 0 N–H and O–H groups in total. The zero-order valence-electron chi connectivity index (χ0n) is 19.0. The summed E-state index contributed by atoms with van der Waals surface area (Å²) >= 11 is 0. The number of fused-ring (bicyclic) bond motifs is 4. The molecule has 0 radical (unpaired) electrons. The highest BCUT2D eigenvalue weighted by molar-refractivity contribution is 6.99. The highest BCUT2D eigenvalue weighted by Crippen LogP contribution is 2.37. The van der Waals surface area contributed by atoms with E-state index < -0.39 is 0 Å². The Labute approximate surface area is 204 Å². The van der Waals surface area contributed by atoms with Gasteiger partial charge in [-0.2, -0.15) is 9.13 Å². The van der Waals surface area contributed by atoms with Gasteiger partial charge < -0.3 is 4.90 Å². The second-order valence-corrected chi connectivity index (χ2v) is 9.28. The molecule has 0 atom stereocenters. The van der Waals surface area contributed by atoms with Crippen LogP contribution in [-0.4, -0.2) is 11.3 Å². The summed E-state index contributed by atoms with van der Waals surface area (Å²) in [6, 6.07) is 43.7. The lowest BCUT2D eigenvalue weighted by Crippen LogP contribution is -2.64. The molecule has 0 aliphatic carbocycles. The summed E-state index contributed by atoms with van der Waals surface area (Å²) in [5.74, 6) is 0. The number of hydrogen-bond donors (Lipinski definition) is 0. The maximum atomic E-state index is 2.42. The van der Waals surface area contributed by atoms with Crippen molar-refractivity contribution in [2.45, 2.75) is 0 Å². The molecule has 0 fully saturated rings. The number of para-hydroxylation sites is 4. The lowest BCUT2D eigenvalue weighted by atomic mass is 9.34. The van der Waals surface area contributed by atoms with E-state index in [1.54, 1.807) is 0 Å². The van der Waals surface area contributed by atoms with Crippen molar-refractivity contribution in [2.24, 2.45) is 0 Å². The second-order valence-electron chi connectivity index (χ2n) is 9.28. The van der Waals surface area contributed by atoms with Crippen molar-refractivity contribution < 1.29 is 4.57 Å². The van der Waals surface area contributed by atoms with Crippen molar-refractivity contribution in [3.05, 3.63) is 128 Å². The molecule has 3 heterocycles. The fourth-order valence-electron chi connectivity index (χ4n) is 6.09. The summed E-state index contributed by atoms with van der Waals surface area (Å²) in [5.41, 5.74) is 12.7. The molecule has 162 valence electrons. The van der Waals surface area contributed by atoms with E-state index in [9.17, 15) is 0 Å². The zero-order valence-corrected chi connectivity index (χ0v) is 19.0. The van der Waals surface area contributed by atoms with Crippen molar-refractivity contribution in [3.8, 4) is 11.4 Å². The number of nitrogens with zero attached hydrogens (tertiary/aromatic N) is 3. The first-order chi connectivity index (χ1) is 17.4.